The summed E-state index contributed by atoms with van der Waals surface area (Å²) < 4.78 is 15.4. The molecule has 0 atom stereocenters. The van der Waals surface area contributed by atoms with Gasteiger partial charge in [0.15, 0.2) is 5.82 Å². The molecule has 0 saturated carbocycles. The van der Waals surface area contributed by atoms with E-state index in [1.807, 2.05) is 0 Å². The molecule has 27 heavy (non-hydrogen) atoms. The molecule has 0 radical (unpaired) electrons. The molecule has 8 nitrogen and oxygen atoms in total. The van der Waals surface area contributed by atoms with Crippen LogP contribution in [0.25, 0.3) is 11.5 Å². The van der Waals surface area contributed by atoms with Crippen LogP contribution in [0.15, 0.2) is 39.3 Å². The van der Waals surface area contributed by atoms with Crippen LogP contribution in [0, 0.1) is 13.8 Å². The molecule has 0 unspecified atom stereocenters. The van der Waals surface area contributed by atoms with E-state index in [-0.39, 0.29) is 12.5 Å². The highest BCUT2D eigenvalue weighted by molar-refractivity contribution is 5.94. The monoisotopic (exact) mass is 369 g/mol. The van der Waals surface area contributed by atoms with Crippen LogP contribution in [0.3, 0.4) is 0 Å². The minimum atomic E-state index is -0.469. The predicted octanol–water partition coefficient (Wildman–Crippen LogP) is 3.01. The first-order valence-electron chi connectivity index (χ1n) is 8.23. The summed E-state index contributed by atoms with van der Waals surface area (Å²) in [6, 6.07) is 8.48. The lowest BCUT2D eigenvalue weighted by atomic mass is 10.1. The molecule has 1 amide bonds. The highest BCUT2D eigenvalue weighted by Gasteiger charge is 2.19. The standard InChI is InChI=1S/C19H19N3O5/c1-11-16(19(24)25-4)9-15(26-11)10-22(3)18(23)14-7-5-13(6-8-14)17-20-12(2)21-27-17/h5-9H,10H2,1-4H3. The van der Waals surface area contributed by atoms with Crippen molar-refractivity contribution in [2.24, 2.45) is 0 Å². The first kappa shape index (κ1) is 18.4. The van der Waals surface area contributed by atoms with E-state index >= 15 is 0 Å². The van der Waals surface area contributed by atoms with Gasteiger partial charge in [0.1, 0.15) is 17.1 Å². The third-order valence-electron chi connectivity index (χ3n) is 4.02. The Morgan fingerprint density at radius 3 is 2.48 bits per heavy atom. The van der Waals surface area contributed by atoms with Gasteiger partial charge in [0.25, 0.3) is 11.8 Å². The van der Waals surface area contributed by atoms with Crippen molar-refractivity contribution in [3.63, 3.8) is 0 Å². The Labute approximate surface area is 155 Å². The highest BCUT2D eigenvalue weighted by Crippen LogP contribution is 2.20. The summed E-state index contributed by atoms with van der Waals surface area (Å²) >= 11 is 0. The molecule has 0 spiro atoms. The van der Waals surface area contributed by atoms with Crippen molar-refractivity contribution in [2.45, 2.75) is 20.4 Å². The number of esters is 1. The lowest BCUT2D eigenvalue weighted by Crippen LogP contribution is -2.25. The van der Waals surface area contributed by atoms with Crippen molar-refractivity contribution in [3.05, 3.63) is 58.8 Å². The van der Waals surface area contributed by atoms with Crippen molar-refractivity contribution < 1.29 is 23.3 Å². The molecule has 140 valence electrons. The number of hydrogen-bond acceptors (Lipinski definition) is 7. The van der Waals surface area contributed by atoms with E-state index in [0.717, 1.165) is 5.56 Å². The normalized spacial score (nSPS) is 10.7. The van der Waals surface area contributed by atoms with E-state index < -0.39 is 5.97 Å². The third kappa shape index (κ3) is 3.89. The van der Waals surface area contributed by atoms with Crippen molar-refractivity contribution in [1.29, 1.82) is 0 Å². The number of rotatable bonds is 5. The summed E-state index contributed by atoms with van der Waals surface area (Å²) in [5, 5.41) is 3.75. The molecule has 0 aliphatic heterocycles. The topological polar surface area (TPSA) is 98.7 Å². The summed E-state index contributed by atoms with van der Waals surface area (Å²) in [7, 11) is 2.97. The molecule has 0 aliphatic rings. The van der Waals surface area contributed by atoms with Gasteiger partial charge < -0.3 is 18.6 Å². The number of ether oxygens (including phenoxy) is 1. The summed E-state index contributed by atoms with van der Waals surface area (Å²) in [5.74, 6) is 1.25. The van der Waals surface area contributed by atoms with E-state index in [1.165, 1.54) is 12.0 Å². The Bertz CT molecular complexity index is 972. The first-order valence-corrected chi connectivity index (χ1v) is 8.23. The molecule has 1 aromatic carbocycles. The lowest BCUT2D eigenvalue weighted by molar-refractivity contribution is 0.0598. The molecular weight excluding hydrogens is 350 g/mol. The van der Waals surface area contributed by atoms with Crippen molar-refractivity contribution in [2.75, 3.05) is 14.2 Å². The van der Waals surface area contributed by atoms with Crippen LogP contribution in [0.2, 0.25) is 0 Å². The van der Waals surface area contributed by atoms with E-state index in [4.69, 9.17) is 13.7 Å². The smallest absolute Gasteiger partial charge is 0.341 e. The Hall–Kier alpha value is -3.42. The Morgan fingerprint density at radius 1 is 1.19 bits per heavy atom. The summed E-state index contributed by atoms with van der Waals surface area (Å²) in [6.45, 7) is 3.64. The molecular formula is C19H19N3O5. The number of amides is 1. The average Bonchev–Trinajstić information content (AvgIpc) is 3.26. The molecule has 8 heteroatoms. The van der Waals surface area contributed by atoms with Gasteiger partial charge in [-0.2, -0.15) is 4.98 Å². The van der Waals surface area contributed by atoms with Crippen LogP contribution in [0.5, 0.6) is 0 Å². The van der Waals surface area contributed by atoms with Crippen molar-refractivity contribution in [1.82, 2.24) is 15.0 Å². The van der Waals surface area contributed by atoms with Crippen LogP contribution in [0.1, 0.15) is 38.1 Å². The number of hydrogen-bond donors (Lipinski definition) is 0. The molecule has 0 saturated heterocycles. The number of benzene rings is 1. The molecule has 0 aliphatic carbocycles. The predicted molar refractivity (Wildman–Crippen MR) is 95.1 cm³/mol. The van der Waals surface area contributed by atoms with Gasteiger partial charge in [0.2, 0.25) is 0 Å². The molecule has 2 heterocycles. The van der Waals surface area contributed by atoms with Crippen molar-refractivity contribution in [3.8, 4) is 11.5 Å². The highest BCUT2D eigenvalue weighted by atomic mass is 16.5. The molecule has 3 aromatic rings. The summed E-state index contributed by atoms with van der Waals surface area (Å²) in [6.07, 6.45) is 0. The van der Waals surface area contributed by atoms with Gasteiger partial charge in [-0.15, -0.1) is 0 Å². The second kappa shape index (κ2) is 7.45. The zero-order valence-corrected chi connectivity index (χ0v) is 15.5. The lowest BCUT2D eigenvalue weighted by Gasteiger charge is -2.15. The molecule has 0 bridgehead atoms. The Kier molecular flexibility index (Phi) is 5.07. The van der Waals surface area contributed by atoms with Gasteiger partial charge >= 0.3 is 5.97 Å². The van der Waals surface area contributed by atoms with Crippen LogP contribution < -0.4 is 0 Å². The van der Waals surface area contributed by atoms with Crippen LogP contribution in [-0.4, -0.2) is 41.1 Å². The van der Waals surface area contributed by atoms with Gasteiger partial charge in [0, 0.05) is 18.2 Å². The van der Waals surface area contributed by atoms with Crippen LogP contribution >= 0.6 is 0 Å². The molecule has 0 fully saturated rings. The maximum atomic E-state index is 12.6. The summed E-state index contributed by atoms with van der Waals surface area (Å²) in [4.78, 5) is 29.9. The maximum absolute atomic E-state index is 12.6. The van der Waals surface area contributed by atoms with Gasteiger partial charge in [-0.05, 0) is 44.2 Å². The first-order chi connectivity index (χ1) is 12.9. The van der Waals surface area contributed by atoms with E-state index in [0.29, 0.717) is 34.4 Å². The number of nitrogens with zero attached hydrogens (tertiary/aromatic N) is 3. The largest absolute Gasteiger partial charge is 0.465 e. The number of furan rings is 1. The van der Waals surface area contributed by atoms with E-state index in [1.54, 1.807) is 51.2 Å². The maximum Gasteiger partial charge on any atom is 0.341 e. The quantitative estimate of drug-likeness (QED) is 0.638. The number of carbonyl (C=O) groups is 2. The van der Waals surface area contributed by atoms with Gasteiger partial charge in [-0.25, -0.2) is 4.79 Å². The Morgan fingerprint density at radius 2 is 1.89 bits per heavy atom. The second-order valence-corrected chi connectivity index (χ2v) is 6.06. The van der Waals surface area contributed by atoms with Gasteiger partial charge in [-0.3, -0.25) is 4.79 Å². The average molecular weight is 369 g/mol. The fraction of sp³-hybridized carbons (Fsp3) is 0.263. The zero-order valence-electron chi connectivity index (χ0n) is 15.5. The van der Waals surface area contributed by atoms with E-state index in [9.17, 15) is 9.59 Å². The number of aromatic nitrogens is 2. The van der Waals surface area contributed by atoms with E-state index in [2.05, 4.69) is 10.1 Å². The minimum absolute atomic E-state index is 0.183. The number of aryl methyl sites for hydroxylation is 2. The fourth-order valence-corrected chi connectivity index (χ4v) is 2.63. The van der Waals surface area contributed by atoms with Gasteiger partial charge in [0.05, 0.1) is 13.7 Å². The fourth-order valence-electron chi connectivity index (χ4n) is 2.63. The molecule has 3 rings (SSSR count). The minimum Gasteiger partial charge on any atom is -0.465 e. The Balaban J connectivity index is 1.71. The van der Waals surface area contributed by atoms with Crippen LogP contribution in [-0.2, 0) is 11.3 Å². The SMILES string of the molecule is COC(=O)c1cc(CN(C)C(=O)c2ccc(-c3nc(C)no3)cc2)oc1C. The second-order valence-electron chi connectivity index (χ2n) is 6.06. The van der Waals surface area contributed by atoms with Crippen LogP contribution in [0.4, 0.5) is 0 Å². The number of carbonyl (C=O) groups excluding carboxylic acids is 2. The third-order valence-corrected chi connectivity index (χ3v) is 4.02. The van der Waals surface area contributed by atoms with Crippen molar-refractivity contribution >= 4 is 11.9 Å². The molecule has 2 aromatic heterocycles. The van der Waals surface area contributed by atoms with Gasteiger partial charge in [-0.1, -0.05) is 5.16 Å². The summed E-state index contributed by atoms with van der Waals surface area (Å²) in [5.41, 5.74) is 1.60. The number of methoxy groups -OCH3 is 1. The molecule has 0 N–H and O–H groups in total. The zero-order chi connectivity index (χ0) is 19.6.